The summed E-state index contributed by atoms with van der Waals surface area (Å²) in [6.45, 7) is -0.377. The molecule has 132 valence electrons. The molecule has 1 heterocycles. The van der Waals surface area contributed by atoms with Crippen LogP contribution < -0.4 is 5.32 Å². The number of halogens is 2. The van der Waals surface area contributed by atoms with E-state index in [1.807, 2.05) is 0 Å². The molecule has 0 fully saturated rings. The van der Waals surface area contributed by atoms with E-state index in [1.165, 1.54) is 18.2 Å². The molecule has 0 atom stereocenters. The molecular formula is C16H13ClFNO4S2. The SMILES string of the molecule is O=C(CSCC(=O)OCC(=O)c1ccc(Cl)s1)Nc1ccccc1F. The van der Waals surface area contributed by atoms with Crippen molar-refractivity contribution >= 4 is 58.0 Å². The summed E-state index contributed by atoms with van der Waals surface area (Å²) in [5, 5.41) is 2.41. The van der Waals surface area contributed by atoms with Gasteiger partial charge >= 0.3 is 5.97 Å². The highest BCUT2D eigenvalue weighted by molar-refractivity contribution is 8.00. The molecule has 9 heteroatoms. The Morgan fingerprint density at radius 3 is 2.60 bits per heavy atom. The molecule has 0 unspecified atom stereocenters. The van der Waals surface area contributed by atoms with Crippen LogP contribution in [0.4, 0.5) is 10.1 Å². The van der Waals surface area contributed by atoms with Gasteiger partial charge in [0, 0.05) is 0 Å². The maximum atomic E-state index is 13.4. The van der Waals surface area contributed by atoms with Crippen molar-refractivity contribution in [3.05, 3.63) is 51.4 Å². The lowest BCUT2D eigenvalue weighted by atomic mass is 10.3. The average Bonchev–Trinajstić information content (AvgIpc) is 3.01. The van der Waals surface area contributed by atoms with Crippen LogP contribution >= 0.6 is 34.7 Å². The fourth-order valence-corrected chi connectivity index (χ4v) is 3.28. The molecule has 5 nitrogen and oxygen atoms in total. The molecule has 0 saturated carbocycles. The molecule has 25 heavy (non-hydrogen) atoms. The smallest absolute Gasteiger partial charge is 0.316 e. The minimum Gasteiger partial charge on any atom is -0.457 e. The van der Waals surface area contributed by atoms with Crippen molar-refractivity contribution in [1.29, 1.82) is 0 Å². The quantitative estimate of drug-likeness (QED) is 0.540. The minimum atomic E-state index is -0.611. The van der Waals surface area contributed by atoms with E-state index in [4.69, 9.17) is 16.3 Å². The lowest BCUT2D eigenvalue weighted by molar-refractivity contribution is -0.139. The predicted octanol–water partition coefficient (Wildman–Crippen LogP) is 3.64. The normalized spacial score (nSPS) is 10.3. The van der Waals surface area contributed by atoms with E-state index in [-0.39, 0.29) is 29.6 Å². The van der Waals surface area contributed by atoms with E-state index >= 15 is 0 Å². The number of Topliss-reactive ketones (excluding diaryl/α,β-unsaturated/α-hetero) is 1. The van der Waals surface area contributed by atoms with Gasteiger partial charge in [-0.3, -0.25) is 14.4 Å². The molecule has 0 aliphatic carbocycles. The molecule has 1 aromatic heterocycles. The number of ether oxygens (including phenoxy) is 1. The molecule has 0 aliphatic heterocycles. The van der Waals surface area contributed by atoms with E-state index in [2.05, 4.69) is 5.32 Å². The Kier molecular flexibility index (Phi) is 7.42. The lowest BCUT2D eigenvalue weighted by Gasteiger charge is -2.06. The van der Waals surface area contributed by atoms with Gasteiger partial charge in [-0.1, -0.05) is 23.7 Å². The second kappa shape index (κ2) is 9.55. The van der Waals surface area contributed by atoms with Gasteiger partial charge in [-0.05, 0) is 24.3 Å². The average molecular weight is 402 g/mol. The third-order valence-electron chi connectivity index (χ3n) is 2.81. The number of rotatable bonds is 8. The summed E-state index contributed by atoms with van der Waals surface area (Å²) in [5.41, 5.74) is 0.0795. The summed E-state index contributed by atoms with van der Waals surface area (Å²) in [7, 11) is 0. The summed E-state index contributed by atoms with van der Waals surface area (Å²) >= 11 is 7.84. The first-order chi connectivity index (χ1) is 12.0. The Morgan fingerprint density at radius 2 is 1.92 bits per heavy atom. The van der Waals surface area contributed by atoms with Crippen LogP contribution in [0, 0.1) is 5.82 Å². The van der Waals surface area contributed by atoms with Gasteiger partial charge in [-0.15, -0.1) is 23.1 Å². The van der Waals surface area contributed by atoms with Gasteiger partial charge in [0.05, 0.1) is 26.4 Å². The Hall–Kier alpha value is -1.90. The van der Waals surface area contributed by atoms with Crippen LogP contribution in [0.15, 0.2) is 36.4 Å². The molecule has 0 bridgehead atoms. The molecule has 1 aromatic carbocycles. The van der Waals surface area contributed by atoms with Gasteiger partial charge in [-0.25, -0.2) is 4.39 Å². The number of thiophene rings is 1. The standard InChI is InChI=1S/C16H13ClFNO4S2/c17-14-6-5-13(25-14)12(20)7-23-16(22)9-24-8-15(21)19-11-4-2-1-3-10(11)18/h1-6H,7-9H2,(H,19,21). The molecule has 1 amide bonds. The van der Waals surface area contributed by atoms with Gasteiger partial charge < -0.3 is 10.1 Å². The Morgan fingerprint density at radius 1 is 1.16 bits per heavy atom. The van der Waals surface area contributed by atoms with Crippen LogP contribution in [0.1, 0.15) is 9.67 Å². The molecule has 0 saturated heterocycles. The Bertz CT molecular complexity index is 781. The Labute approximate surface area is 156 Å². The highest BCUT2D eigenvalue weighted by Gasteiger charge is 2.13. The number of amides is 1. The monoisotopic (exact) mass is 401 g/mol. The summed E-state index contributed by atoms with van der Waals surface area (Å²) in [6.07, 6.45) is 0. The predicted molar refractivity (Wildman–Crippen MR) is 97.0 cm³/mol. The maximum Gasteiger partial charge on any atom is 0.316 e. The number of hydrogen-bond acceptors (Lipinski definition) is 6. The van der Waals surface area contributed by atoms with Gasteiger partial charge in [0.15, 0.2) is 6.61 Å². The largest absolute Gasteiger partial charge is 0.457 e. The summed E-state index contributed by atoms with van der Waals surface area (Å²) < 4.78 is 18.7. The number of carbonyl (C=O) groups is 3. The fourth-order valence-electron chi connectivity index (χ4n) is 1.70. The number of carbonyl (C=O) groups excluding carboxylic acids is 3. The van der Waals surface area contributed by atoms with Crippen molar-refractivity contribution in [3.8, 4) is 0 Å². The first kappa shape index (κ1) is 19.4. The topological polar surface area (TPSA) is 72.5 Å². The van der Waals surface area contributed by atoms with Gasteiger partial charge in [0.25, 0.3) is 0 Å². The van der Waals surface area contributed by atoms with Crippen molar-refractivity contribution < 1.29 is 23.5 Å². The number of benzene rings is 1. The van der Waals surface area contributed by atoms with Crippen LogP contribution in [0.3, 0.4) is 0 Å². The lowest BCUT2D eigenvalue weighted by Crippen LogP contribution is -2.18. The first-order valence-electron chi connectivity index (χ1n) is 7.02. The number of ketones is 1. The third-order valence-corrected chi connectivity index (χ3v) is 4.99. The number of esters is 1. The van der Waals surface area contributed by atoms with Crippen molar-refractivity contribution in [2.24, 2.45) is 0 Å². The molecule has 0 spiro atoms. The fraction of sp³-hybridized carbons (Fsp3) is 0.188. The van der Waals surface area contributed by atoms with Crippen molar-refractivity contribution in [3.63, 3.8) is 0 Å². The van der Waals surface area contributed by atoms with Crippen molar-refractivity contribution in [2.45, 2.75) is 0 Å². The summed E-state index contributed by atoms with van der Waals surface area (Å²) in [6, 6.07) is 8.94. The zero-order chi connectivity index (χ0) is 18.2. The van der Waals surface area contributed by atoms with Crippen LogP contribution in [0.2, 0.25) is 4.34 Å². The molecule has 1 N–H and O–H groups in total. The second-order valence-electron chi connectivity index (χ2n) is 4.71. The van der Waals surface area contributed by atoms with E-state index < -0.39 is 17.7 Å². The molecule has 0 radical (unpaired) electrons. The Balaban J connectivity index is 1.65. The van der Waals surface area contributed by atoms with E-state index in [9.17, 15) is 18.8 Å². The van der Waals surface area contributed by atoms with E-state index in [1.54, 1.807) is 18.2 Å². The molecule has 2 rings (SSSR count). The van der Waals surface area contributed by atoms with Gasteiger partial charge in [-0.2, -0.15) is 0 Å². The van der Waals surface area contributed by atoms with Crippen molar-refractivity contribution in [1.82, 2.24) is 0 Å². The highest BCUT2D eigenvalue weighted by Crippen LogP contribution is 2.21. The molecule has 2 aromatic rings. The third kappa shape index (κ3) is 6.49. The number of para-hydroxylation sites is 1. The van der Waals surface area contributed by atoms with Gasteiger partial charge in [0.1, 0.15) is 5.82 Å². The van der Waals surface area contributed by atoms with Crippen LogP contribution in [-0.4, -0.2) is 35.8 Å². The summed E-state index contributed by atoms with van der Waals surface area (Å²) in [5.74, 6) is -2.06. The first-order valence-corrected chi connectivity index (χ1v) is 9.37. The molecular weight excluding hydrogens is 389 g/mol. The van der Waals surface area contributed by atoms with Crippen LogP contribution in [-0.2, 0) is 14.3 Å². The van der Waals surface area contributed by atoms with Crippen molar-refractivity contribution in [2.75, 3.05) is 23.4 Å². The van der Waals surface area contributed by atoms with E-state index in [0.717, 1.165) is 23.1 Å². The highest BCUT2D eigenvalue weighted by atomic mass is 35.5. The second-order valence-corrected chi connectivity index (χ2v) is 7.41. The minimum absolute atomic E-state index is 0.0437. The zero-order valence-electron chi connectivity index (χ0n) is 12.8. The molecule has 0 aliphatic rings. The number of anilines is 1. The number of hydrogen-bond donors (Lipinski definition) is 1. The van der Waals surface area contributed by atoms with Crippen LogP contribution in [0.5, 0.6) is 0 Å². The van der Waals surface area contributed by atoms with Gasteiger partial charge in [0.2, 0.25) is 11.7 Å². The summed E-state index contributed by atoms with van der Waals surface area (Å²) in [4.78, 5) is 35.4. The number of thioether (sulfide) groups is 1. The van der Waals surface area contributed by atoms with E-state index in [0.29, 0.717) is 9.21 Å². The number of nitrogens with one attached hydrogen (secondary N) is 1. The van der Waals surface area contributed by atoms with Crippen LogP contribution in [0.25, 0.3) is 0 Å². The maximum absolute atomic E-state index is 13.4. The zero-order valence-corrected chi connectivity index (χ0v) is 15.2.